The van der Waals surface area contributed by atoms with Crippen LogP contribution in [0.3, 0.4) is 0 Å². The predicted octanol–water partition coefficient (Wildman–Crippen LogP) is 3.27. The van der Waals surface area contributed by atoms with Crippen molar-refractivity contribution >= 4 is 5.88 Å². The number of hydrogen-bond acceptors (Lipinski definition) is 4. The predicted molar refractivity (Wildman–Crippen MR) is 71.4 cm³/mol. The summed E-state index contributed by atoms with van der Waals surface area (Å²) in [6, 6.07) is 4.63. The highest BCUT2D eigenvalue weighted by atomic mass is 19.1. The van der Waals surface area contributed by atoms with E-state index in [-0.39, 0.29) is 5.88 Å². The van der Waals surface area contributed by atoms with E-state index in [0.717, 1.165) is 5.56 Å². The summed E-state index contributed by atoms with van der Waals surface area (Å²) < 4.78 is 24.2. The molecule has 0 fully saturated rings. The molecule has 1 aromatic carbocycles. The Kier molecular flexibility index (Phi) is 3.74. The van der Waals surface area contributed by atoms with E-state index in [2.05, 4.69) is 19.0 Å². The zero-order chi connectivity index (χ0) is 14.0. The summed E-state index contributed by atoms with van der Waals surface area (Å²) in [6.07, 6.45) is 0.669. The maximum Gasteiger partial charge on any atom is 0.225 e. The Morgan fingerprint density at radius 2 is 2.16 bits per heavy atom. The number of nitrogens with zero attached hydrogens (tertiary/aromatic N) is 1. The lowest BCUT2D eigenvalue weighted by Crippen LogP contribution is -2.00. The van der Waals surface area contributed by atoms with Crippen LogP contribution < -0.4 is 10.5 Å². The summed E-state index contributed by atoms with van der Waals surface area (Å²) in [4.78, 5) is 0. The number of rotatable bonds is 4. The quantitative estimate of drug-likeness (QED) is 0.920. The summed E-state index contributed by atoms with van der Waals surface area (Å²) >= 11 is 0. The molecule has 0 amide bonds. The number of nitrogen functional groups attached to an aromatic ring is 1. The highest BCUT2D eigenvalue weighted by molar-refractivity contribution is 5.73. The molecular formula is C14H17FN2O2. The largest absolute Gasteiger partial charge is 0.496 e. The SMILES string of the molecule is COc1cccc(F)c1-c1noc(N)c1CC(C)C. The van der Waals surface area contributed by atoms with Crippen molar-refractivity contribution in [2.24, 2.45) is 5.92 Å². The molecule has 2 rings (SSSR count). The maximum absolute atomic E-state index is 14.0. The average molecular weight is 264 g/mol. The number of hydrogen-bond donors (Lipinski definition) is 1. The van der Waals surface area contributed by atoms with Crippen LogP contribution in [-0.2, 0) is 6.42 Å². The highest BCUT2D eigenvalue weighted by Crippen LogP contribution is 2.36. The Bertz CT molecular complexity index is 579. The van der Waals surface area contributed by atoms with Crippen LogP contribution >= 0.6 is 0 Å². The lowest BCUT2D eigenvalue weighted by molar-refractivity contribution is 0.410. The smallest absolute Gasteiger partial charge is 0.225 e. The Hall–Kier alpha value is -2.04. The first kappa shape index (κ1) is 13.4. The number of benzene rings is 1. The molecule has 0 aliphatic heterocycles. The van der Waals surface area contributed by atoms with Gasteiger partial charge in [0.2, 0.25) is 5.88 Å². The van der Waals surface area contributed by atoms with Gasteiger partial charge < -0.3 is 15.0 Å². The minimum absolute atomic E-state index is 0.231. The van der Waals surface area contributed by atoms with E-state index in [0.29, 0.717) is 29.3 Å². The summed E-state index contributed by atoms with van der Waals surface area (Å²) in [6.45, 7) is 4.10. The second kappa shape index (κ2) is 5.30. The molecule has 19 heavy (non-hydrogen) atoms. The van der Waals surface area contributed by atoms with Crippen molar-refractivity contribution in [1.29, 1.82) is 0 Å². The molecule has 0 spiro atoms. The van der Waals surface area contributed by atoms with Crippen LogP contribution in [0, 0.1) is 11.7 Å². The Morgan fingerprint density at radius 1 is 1.42 bits per heavy atom. The van der Waals surface area contributed by atoms with E-state index < -0.39 is 5.82 Å². The van der Waals surface area contributed by atoms with Gasteiger partial charge in [0.1, 0.15) is 17.3 Å². The molecule has 5 heteroatoms. The van der Waals surface area contributed by atoms with Gasteiger partial charge in [-0.3, -0.25) is 0 Å². The number of halogens is 1. The topological polar surface area (TPSA) is 61.3 Å². The van der Waals surface area contributed by atoms with Crippen molar-refractivity contribution in [1.82, 2.24) is 5.16 Å². The number of ether oxygens (including phenoxy) is 1. The molecule has 0 saturated heterocycles. The van der Waals surface area contributed by atoms with Gasteiger partial charge in [0.05, 0.1) is 12.7 Å². The van der Waals surface area contributed by atoms with Crippen molar-refractivity contribution in [3.05, 3.63) is 29.6 Å². The molecule has 2 aromatic rings. The molecule has 0 bridgehead atoms. The summed E-state index contributed by atoms with van der Waals surface area (Å²) in [5.41, 5.74) is 7.21. The molecule has 0 aliphatic carbocycles. The van der Waals surface area contributed by atoms with Gasteiger partial charge in [0, 0.05) is 5.56 Å². The zero-order valence-corrected chi connectivity index (χ0v) is 11.2. The lowest BCUT2D eigenvalue weighted by Gasteiger charge is -2.09. The Labute approximate surface area is 111 Å². The van der Waals surface area contributed by atoms with Gasteiger partial charge >= 0.3 is 0 Å². The standard InChI is InChI=1S/C14H17FN2O2/c1-8(2)7-9-13(17-19-14(9)16)12-10(15)5-4-6-11(12)18-3/h4-6,8H,7,16H2,1-3H3. The average Bonchev–Trinajstić information content (AvgIpc) is 2.70. The second-order valence-electron chi connectivity index (χ2n) is 4.79. The second-order valence-corrected chi connectivity index (χ2v) is 4.79. The number of aromatic nitrogens is 1. The van der Waals surface area contributed by atoms with Crippen molar-refractivity contribution in [3.63, 3.8) is 0 Å². The highest BCUT2D eigenvalue weighted by Gasteiger charge is 2.22. The number of anilines is 1. The summed E-state index contributed by atoms with van der Waals surface area (Å²) in [7, 11) is 1.49. The van der Waals surface area contributed by atoms with Crippen molar-refractivity contribution in [2.45, 2.75) is 20.3 Å². The molecule has 1 heterocycles. The molecule has 1 aromatic heterocycles. The molecule has 0 saturated carbocycles. The van der Waals surface area contributed by atoms with Crippen molar-refractivity contribution < 1.29 is 13.7 Å². The Balaban J connectivity index is 2.59. The van der Waals surface area contributed by atoms with Gasteiger partial charge in [-0.1, -0.05) is 25.1 Å². The van der Waals surface area contributed by atoms with E-state index >= 15 is 0 Å². The minimum Gasteiger partial charge on any atom is -0.496 e. The molecule has 4 nitrogen and oxygen atoms in total. The molecule has 0 atom stereocenters. The molecule has 0 aliphatic rings. The third-order valence-corrected chi connectivity index (χ3v) is 2.86. The minimum atomic E-state index is -0.405. The van der Waals surface area contributed by atoms with Crippen LogP contribution in [-0.4, -0.2) is 12.3 Å². The van der Waals surface area contributed by atoms with Gasteiger partial charge in [0.25, 0.3) is 0 Å². The van der Waals surface area contributed by atoms with Crippen molar-refractivity contribution in [3.8, 4) is 17.0 Å². The van der Waals surface area contributed by atoms with Gasteiger partial charge in [-0.15, -0.1) is 0 Å². The molecule has 0 radical (unpaired) electrons. The monoisotopic (exact) mass is 264 g/mol. The van der Waals surface area contributed by atoms with E-state index in [1.807, 2.05) is 0 Å². The lowest BCUT2D eigenvalue weighted by atomic mass is 9.98. The van der Waals surface area contributed by atoms with Crippen molar-refractivity contribution in [2.75, 3.05) is 12.8 Å². The maximum atomic E-state index is 14.0. The van der Waals surface area contributed by atoms with Gasteiger partial charge in [0.15, 0.2) is 0 Å². The molecular weight excluding hydrogens is 247 g/mol. The molecule has 2 N–H and O–H groups in total. The molecule has 0 unspecified atom stereocenters. The zero-order valence-electron chi connectivity index (χ0n) is 11.2. The van der Waals surface area contributed by atoms with Gasteiger partial charge in [-0.25, -0.2) is 4.39 Å². The van der Waals surface area contributed by atoms with Crippen LogP contribution in [0.2, 0.25) is 0 Å². The third kappa shape index (κ3) is 2.54. The first-order chi connectivity index (χ1) is 9.04. The fourth-order valence-electron chi connectivity index (χ4n) is 2.03. The van der Waals surface area contributed by atoms with E-state index in [4.69, 9.17) is 15.0 Å². The van der Waals surface area contributed by atoms with Crippen LogP contribution in [0.15, 0.2) is 22.7 Å². The number of nitrogens with two attached hydrogens (primary N) is 1. The first-order valence-corrected chi connectivity index (χ1v) is 6.11. The fraction of sp³-hybridized carbons (Fsp3) is 0.357. The summed E-state index contributed by atoms with van der Waals surface area (Å²) in [5, 5.41) is 3.89. The van der Waals surface area contributed by atoms with E-state index in [9.17, 15) is 4.39 Å². The van der Waals surface area contributed by atoms with E-state index in [1.54, 1.807) is 12.1 Å². The fourth-order valence-corrected chi connectivity index (χ4v) is 2.03. The Morgan fingerprint density at radius 3 is 2.79 bits per heavy atom. The molecule has 102 valence electrons. The third-order valence-electron chi connectivity index (χ3n) is 2.86. The van der Waals surface area contributed by atoms with E-state index in [1.165, 1.54) is 13.2 Å². The normalized spacial score (nSPS) is 11.0. The van der Waals surface area contributed by atoms with Gasteiger partial charge in [-0.2, -0.15) is 0 Å². The van der Waals surface area contributed by atoms with Crippen LogP contribution in [0.5, 0.6) is 5.75 Å². The van der Waals surface area contributed by atoms with Gasteiger partial charge in [-0.05, 0) is 24.5 Å². The summed E-state index contributed by atoms with van der Waals surface area (Å²) in [5.74, 6) is 0.600. The van der Waals surface area contributed by atoms with Crippen LogP contribution in [0.1, 0.15) is 19.4 Å². The van der Waals surface area contributed by atoms with Crippen LogP contribution in [0.4, 0.5) is 10.3 Å². The first-order valence-electron chi connectivity index (χ1n) is 6.11. The number of methoxy groups -OCH3 is 1. The van der Waals surface area contributed by atoms with Crippen LogP contribution in [0.25, 0.3) is 11.3 Å².